The van der Waals surface area contributed by atoms with Crippen LogP contribution in [-0.2, 0) is 14.2 Å². The Morgan fingerprint density at radius 2 is 2.16 bits per heavy atom. The topological polar surface area (TPSA) is 57.7 Å². The standard InChI is InChI=1S/C12H15ClFNO4/c1-17-5-6-18-3-2-4-19-12(16)10-7-9(14)8-15-11(10)13/h7-8H,2-6H2,1H3. The first-order valence-corrected chi connectivity index (χ1v) is 6.07. The lowest BCUT2D eigenvalue weighted by Gasteiger charge is -2.06. The number of halogens is 2. The number of carbonyl (C=O) groups is 1. The number of hydrogen-bond acceptors (Lipinski definition) is 5. The predicted molar refractivity (Wildman–Crippen MR) is 66.8 cm³/mol. The van der Waals surface area contributed by atoms with Crippen LogP contribution in [0.3, 0.4) is 0 Å². The first-order chi connectivity index (χ1) is 9.15. The van der Waals surface area contributed by atoms with Crippen molar-refractivity contribution in [1.29, 1.82) is 0 Å². The third kappa shape index (κ3) is 5.96. The molecule has 0 spiro atoms. The number of pyridine rings is 1. The zero-order chi connectivity index (χ0) is 14.1. The number of carbonyl (C=O) groups excluding carboxylic acids is 1. The molecule has 0 atom stereocenters. The van der Waals surface area contributed by atoms with Gasteiger partial charge < -0.3 is 14.2 Å². The number of hydrogen-bond donors (Lipinski definition) is 0. The number of aromatic nitrogens is 1. The minimum Gasteiger partial charge on any atom is -0.462 e. The Balaban J connectivity index is 2.26. The van der Waals surface area contributed by atoms with E-state index in [9.17, 15) is 9.18 Å². The molecular weight excluding hydrogens is 277 g/mol. The van der Waals surface area contributed by atoms with Crippen molar-refractivity contribution in [2.75, 3.05) is 33.5 Å². The molecule has 1 aromatic rings. The number of esters is 1. The van der Waals surface area contributed by atoms with Crippen LogP contribution in [0.2, 0.25) is 5.15 Å². The second kappa shape index (κ2) is 8.79. The molecule has 1 rings (SSSR count). The van der Waals surface area contributed by atoms with Crippen molar-refractivity contribution in [2.45, 2.75) is 6.42 Å². The quantitative estimate of drug-likeness (QED) is 0.417. The molecule has 1 aromatic heterocycles. The third-order valence-electron chi connectivity index (χ3n) is 2.12. The predicted octanol–water partition coefficient (Wildman–Crippen LogP) is 2.08. The number of rotatable bonds is 8. The zero-order valence-corrected chi connectivity index (χ0v) is 11.3. The first-order valence-electron chi connectivity index (χ1n) is 5.70. The molecule has 0 bridgehead atoms. The Morgan fingerprint density at radius 3 is 2.89 bits per heavy atom. The number of methoxy groups -OCH3 is 1. The van der Waals surface area contributed by atoms with Gasteiger partial charge in [0, 0.05) is 20.1 Å². The van der Waals surface area contributed by atoms with E-state index in [4.69, 9.17) is 25.8 Å². The second-order valence-corrected chi connectivity index (χ2v) is 3.94. The van der Waals surface area contributed by atoms with Crippen molar-refractivity contribution in [3.63, 3.8) is 0 Å². The van der Waals surface area contributed by atoms with Gasteiger partial charge in [0.1, 0.15) is 11.0 Å². The van der Waals surface area contributed by atoms with Crippen molar-refractivity contribution in [2.24, 2.45) is 0 Å². The lowest BCUT2D eigenvalue weighted by atomic mass is 10.3. The van der Waals surface area contributed by atoms with Crippen LogP contribution in [0.4, 0.5) is 4.39 Å². The molecule has 0 aromatic carbocycles. The summed E-state index contributed by atoms with van der Waals surface area (Å²) in [6.07, 6.45) is 1.47. The van der Waals surface area contributed by atoms with Gasteiger partial charge in [-0.15, -0.1) is 0 Å². The Bertz CT molecular complexity index is 417. The van der Waals surface area contributed by atoms with E-state index in [2.05, 4.69) is 4.98 Å². The molecule has 0 aliphatic rings. The Morgan fingerprint density at radius 1 is 1.37 bits per heavy atom. The molecule has 7 heteroatoms. The molecular formula is C12H15ClFNO4. The van der Waals surface area contributed by atoms with E-state index in [1.165, 1.54) is 0 Å². The van der Waals surface area contributed by atoms with E-state index in [1.54, 1.807) is 7.11 Å². The monoisotopic (exact) mass is 291 g/mol. The van der Waals surface area contributed by atoms with Crippen LogP contribution in [0.1, 0.15) is 16.8 Å². The van der Waals surface area contributed by atoms with Gasteiger partial charge in [-0.3, -0.25) is 0 Å². The first kappa shape index (κ1) is 15.8. The number of ether oxygens (including phenoxy) is 3. The van der Waals surface area contributed by atoms with Gasteiger partial charge in [-0.25, -0.2) is 14.2 Å². The van der Waals surface area contributed by atoms with E-state index in [1.807, 2.05) is 0 Å². The maximum absolute atomic E-state index is 12.9. The lowest BCUT2D eigenvalue weighted by Crippen LogP contribution is -2.11. The summed E-state index contributed by atoms with van der Waals surface area (Å²) in [7, 11) is 1.59. The highest BCUT2D eigenvalue weighted by Crippen LogP contribution is 2.14. The van der Waals surface area contributed by atoms with Gasteiger partial charge in [0.05, 0.1) is 31.6 Å². The zero-order valence-electron chi connectivity index (χ0n) is 10.5. The van der Waals surface area contributed by atoms with E-state index in [0.717, 1.165) is 12.3 Å². The molecule has 1 heterocycles. The smallest absolute Gasteiger partial charge is 0.341 e. The van der Waals surface area contributed by atoms with Crippen molar-refractivity contribution < 1.29 is 23.4 Å². The van der Waals surface area contributed by atoms with Crippen LogP contribution in [0, 0.1) is 5.82 Å². The third-order valence-corrected chi connectivity index (χ3v) is 2.42. The van der Waals surface area contributed by atoms with Crippen LogP contribution < -0.4 is 0 Å². The Kier molecular flexibility index (Phi) is 7.32. The summed E-state index contributed by atoms with van der Waals surface area (Å²) in [6.45, 7) is 1.62. The van der Waals surface area contributed by atoms with Crippen LogP contribution in [0.25, 0.3) is 0 Å². The minimum atomic E-state index is -0.700. The Hall–Kier alpha value is -1.24. The van der Waals surface area contributed by atoms with Crippen LogP contribution >= 0.6 is 11.6 Å². The molecule has 0 aliphatic carbocycles. The van der Waals surface area contributed by atoms with Gasteiger partial charge in [-0.05, 0) is 6.07 Å². The van der Waals surface area contributed by atoms with Gasteiger partial charge in [0.15, 0.2) is 0 Å². The second-order valence-electron chi connectivity index (χ2n) is 3.59. The van der Waals surface area contributed by atoms with E-state index >= 15 is 0 Å². The molecule has 0 saturated heterocycles. The highest BCUT2D eigenvalue weighted by Gasteiger charge is 2.13. The van der Waals surface area contributed by atoms with Crippen molar-refractivity contribution in [3.05, 3.63) is 28.8 Å². The molecule has 0 fully saturated rings. The highest BCUT2D eigenvalue weighted by molar-refractivity contribution is 6.32. The molecule has 0 saturated carbocycles. The van der Waals surface area contributed by atoms with E-state index in [0.29, 0.717) is 26.2 Å². The van der Waals surface area contributed by atoms with Crippen LogP contribution in [0.15, 0.2) is 12.3 Å². The molecule has 106 valence electrons. The molecule has 0 aliphatic heterocycles. The molecule has 0 N–H and O–H groups in total. The maximum atomic E-state index is 12.9. The molecule has 0 amide bonds. The summed E-state index contributed by atoms with van der Waals surface area (Å²) in [4.78, 5) is 15.1. The summed E-state index contributed by atoms with van der Waals surface area (Å²) >= 11 is 5.67. The summed E-state index contributed by atoms with van der Waals surface area (Å²) < 4.78 is 27.8. The van der Waals surface area contributed by atoms with Gasteiger partial charge in [0.25, 0.3) is 0 Å². The van der Waals surface area contributed by atoms with Gasteiger partial charge >= 0.3 is 5.97 Å². The average molecular weight is 292 g/mol. The van der Waals surface area contributed by atoms with Crippen molar-refractivity contribution in [1.82, 2.24) is 4.98 Å². The Labute approximate surface area is 115 Å². The molecule has 5 nitrogen and oxygen atoms in total. The summed E-state index contributed by atoms with van der Waals surface area (Å²) in [5.41, 5.74) is -0.0815. The van der Waals surface area contributed by atoms with Gasteiger partial charge in [-0.2, -0.15) is 0 Å². The molecule has 19 heavy (non-hydrogen) atoms. The van der Waals surface area contributed by atoms with Crippen molar-refractivity contribution in [3.8, 4) is 0 Å². The van der Waals surface area contributed by atoms with Crippen LogP contribution in [-0.4, -0.2) is 44.5 Å². The molecule has 0 radical (unpaired) electrons. The van der Waals surface area contributed by atoms with Gasteiger partial charge in [0.2, 0.25) is 0 Å². The fourth-order valence-electron chi connectivity index (χ4n) is 1.21. The lowest BCUT2D eigenvalue weighted by molar-refractivity contribution is 0.0385. The van der Waals surface area contributed by atoms with Gasteiger partial charge in [-0.1, -0.05) is 11.6 Å². The number of nitrogens with zero attached hydrogens (tertiary/aromatic N) is 1. The van der Waals surface area contributed by atoms with E-state index < -0.39 is 11.8 Å². The summed E-state index contributed by atoms with van der Waals surface area (Å²) in [5, 5.41) is -0.0808. The normalized spacial score (nSPS) is 10.5. The SMILES string of the molecule is COCCOCCCOC(=O)c1cc(F)cnc1Cl. The highest BCUT2D eigenvalue weighted by atomic mass is 35.5. The fourth-order valence-corrected chi connectivity index (χ4v) is 1.39. The summed E-state index contributed by atoms with van der Waals surface area (Å²) in [6, 6.07) is 0.993. The fraction of sp³-hybridized carbons (Fsp3) is 0.500. The molecule has 0 unspecified atom stereocenters. The average Bonchev–Trinajstić information content (AvgIpc) is 2.40. The maximum Gasteiger partial charge on any atom is 0.341 e. The van der Waals surface area contributed by atoms with Crippen molar-refractivity contribution >= 4 is 17.6 Å². The largest absolute Gasteiger partial charge is 0.462 e. The minimum absolute atomic E-state index is 0.0808. The van der Waals surface area contributed by atoms with E-state index in [-0.39, 0.29) is 17.3 Å². The van der Waals surface area contributed by atoms with Crippen LogP contribution in [0.5, 0.6) is 0 Å². The summed E-state index contributed by atoms with van der Waals surface area (Å²) in [5.74, 6) is -1.34.